The van der Waals surface area contributed by atoms with Crippen LogP contribution in [0.5, 0.6) is 5.75 Å². The number of pyridine rings is 1. The summed E-state index contributed by atoms with van der Waals surface area (Å²) >= 11 is -1.39. The van der Waals surface area contributed by atoms with Gasteiger partial charge < -0.3 is 19.0 Å². The van der Waals surface area contributed by atoms with Crippen LogP contribution in [0.4, 0.5) is 8.78 Å². The zero-order chi connectivity index (χ0) is 29.2. The highest BCUT2D eigenvalue weighted by atomic mass is 32.2. The summed E-state index contributed by atoms with van der Waals surface area (Å²) in [4.78, 5) is 15.5. The van der Waals surface area contributed by atoms with E-state index in [1.54, 1.807) is 6.07 Å². The summed E-state index contributed by atoms with van der Waals surface area (Å²) in [5.74, 6) is -1.98. The molecule has 40 heavy (non-hydrogen) atoms. The van der Waals surface area contributed by atoms with E-state index in [0.29, 0.717) is 22.3 Å². The number of aromatic nitrogens is 2. The summed E-state index contributed by atoms with van der Waals surface area (Å²) in [6.07, 6.45) is 3.15. The topological polar surface area (TPSA) is 99.4 Å². The van der Waals surface area contributed by atoms with Gasteiger partial charge in [-0.05, 0) is 76.1 Å². The van der Waals surface area contributed by atoms with E-state index in [4.69, 9.17) is 4.74 Å². The van der Waals surface area contributed by atoms with Gasteiger partial charge in [0.2, 0.25) is 0 Å². The fourth-order valence-corrected chi connectivity index (χ4v) is 5.08. The Bertz CT molecular complexity index is 1530. The molecule has 0 aliphatic heterocycles. The largest absolute Gasteiger partial charge is 0.598 e. The van der Waals surface area contributed by atoms with E-state index in [0.717, 1.165) is 17.0 Å². The van der Waals surface area contributed by atoms with Gasteiger partial charge in [0, 0.05) is 57.9 Å². The van der Waals surface area contributed by atoms with Crippen molar-refractivity contribution in [1.82, 2.24) is 14.3 Å². The quantitative estimate of drug-likeness (QED) is 0.217. The smallest absolute Gasteiger partial charge is 0.307 e. The van der Waals surface area contributed by atoms with Crippen molar-refractivity contribution < 1.29 is 28.0 Å². The Labute approximate surface area is 235 Å². The molecule has 0 unspecified atom stereocenters. The van der Waals surface area contributed by atoms with Crippen LogP contribution in [0.1, 0.15) is 57.5 Å². The van der Waals surface area contributed by atoms with Crippen LogP contribution in [0.3, 0.4) is 0 Å². The molecular formula is C30H33F2N3O4S. The lowest BCUT2D eigenvalue weighted by Crippen LogP contribution is -2.39. The molecule has 0 spiro atoms. The first kappa shape index (κ1) is 29.5. The van der Waals surface area contributed by atoms with Gasteiger partial charge in [0.15, 0.2) is 5.82 Å². The van der Waals surface area contributed by atoms with Crippen LogP contribution in [0.2, 0.25) is 0 Å². The fourth-order valence-electron chi connectivity index (χ4n) is 4.38. The SMILES string of the molecule is CC(C)n1ccc2c(-c3ccnc(CN[S@@+]([O-])C(C)(C)C)c3F)cc(COc3cc(F)ccc3CC(=O)O)cc21. The predicted molar refractivity (Wildman–Crippen MR) is 152 cm³/mol. The molecule has 7 nitrogen and oxygen atoms in total. The van der Waals surface area contributed by atoms with E-state index in [-0.39, 0.29) is 37.1 Å². The van der Waals surface area contributed by atoms with Crippen molar-refractivity contribution in [3.05, 3.63) is 83.3 Å². The standard InChI is InChI=1S/C30H33F2N3O4S/c1-18(2)35-11-9-22-24(23-8-10-33-25(29(23)32)16-34-40(38)30(3,4)5)12-19(13-26(22)35)17-39-27-15-21(31)7-6-20(27)14-28(36)37/h6-13,15,18,34H,14,16-17H2,1-5H3,(H,36,37)/t40-/m0/s1. The maximum atomic E-state index is 15.9. The molecule has 2 N–H and O–H groups in total. The van der Waals surface area contributed by atoms with E-state index < -0.39 is 33.7 Å². The minimum atomic E-state index is -1.39. The maximum absolute atomic E-state index is 15.9. The highest BCUT2D eigenvalue weighted by Crippen LogP contribution is 2.35. The minimum Gasteiger partial charge on any atom is -0.598 e. The first-order valence-electron chi connectivity index (χ1n) is 12.9. The van der Waals surface area contributed by atoms with Gasteiger partial charge in [0.1, 0.15) is 22.9 Å². The molecule has 2 aromatic carbocycles. The lowest BCUT2D eigenvalue weighted by Gasteiger charge is -2.23. The number of benzene rings is 2. The molecule has 0 radical (unpaired) electrons. The molecule has 10 heteroatoms. The van der Waals surface area contributed by atoms with Gasteiger partial charge in [-0.15, -0.1) is 4.72 Å². The first-order valence-corrected chi connectivity index (χ1v) is 14.1. The van der Waals surface area contributed by atoms with E-state index >= 15 is 4.39 Å². The Balaban J connectivity index is 1.74. The average Bonchev–Trinajstić information content (AvgIpc) is 3.31. The number of carboxylic acid groups (broad SMARTS) is 1. The van der Waals surface area contributed by atoms with Gasteiger partial charge in [-0.25, -0.2) is 8.78 Å². The molecule has 1 atom stereocenters. The van der Waals surface area contributed by atoms with E-state index in [9.17, 15) is 18.8 Å². The summed E-state index contributed by atoms with van der Waals surface area (Å²) in [6, 6.07) is 11.2. The minimum absolute atomic E-state index is 0.00553. The van der Waals surface area contributed by atoms with Gasteiger partial charge in [-0.1, -0.05) is 6.07 Å². The average molecular weight is 570 g/mol. The van der Waals surface area contributed by atoms with Crippen LogP contribution in [-0.4, -0.2) is 29.9 Å². The van der Waals surface area contributed by atoms with Crippen LogP contribution in [0, 0.1) is 11.6 Å². The van der Waals surface area contributed by atoms with Crippen LogP contribution < -0.4 is 9.46 Å². The number of hydrogen-bond donors (Lipinski definition) is 2. The van der Waals surface area contributed by atoms with Crippen molar-refractivity contribution in [2.24, 2.45) is 0 Å². The molecule has 0 bridgehead atoms. The van der Waals surface area contributed by atoms with Gasteiger partial charge in [0.05, 0.1) is 18.7 Å². The zero-order valence-corrected chi connectivity index (χ0v) is 23.9. The molecule has 4 aromatic rings. The number of aliphatic carboxylic acids is 1. The third-order valence-electron chi connectivity index (χ3n) is 6.40. The third kappa shape index (κ3) is 6.63. The number of fused-ring (bicyclic) bond motifs is 1. The summed E-state index contributed by atoms with van der Waals surface area (Å²) < 4.78 is 52.6. The van der Waals surface area contributed by atoms with Gasteiger partial charge in [-0.2, -0.15) is 0 Å². The van der Waals surface area contributed by atoms with Crippen LogP contribution >= 0.6 is 0 Å². The molecule has 212 valence electrons. The second-order valence-corrected chi connectivity index (χ2v) is 12.9. The Hall–Kier alpha value is -3.47. The first-order chi connectivity index (χ1) is 18.8. The van der Waals surface area contributed by atoms with Gasteiger partial charge in [-0.3, -0.25) is 9.78 Å². The lowest BCUT2D eigenvalue weighted by molar-refractivity contribution is -0.136. The Kier molecular flexibility index (Phi) is 8.82. The van der Waals surface area contributed by atoms with E-state index in [1.807, 2.05) is 59.0 Å². The van der Waals surface area contributed by atoms with Crippen molar-refractivity contribution in [3.8, 4) is 16.9 Å². The van der Waals surface area contributed by atoms with Crippen molar-refractivity contribution in [2.45, 2.75) is 65.0 Å². The molecule has 2 aromatic heterocycles. The lowest BCUT2D eigenvalue weighted by atomic mass is 9.98. The number of nitrogens with zero attached hydrogens (tertiary/aromatic N) is 2. The number of nitrogens with one attached hydrogen (secondary N) is 1. The van der Waals surface area contributed by atoms with Crippen LogP contribution in [0.15, 0.2) is 54.9 Å². The molecule has 4 rings (SSSR count). The molecular weight excluding hydrogens is 536 g/mol. The second kappa shape index (κ2) is 12.0. The van der Waals surface area contributed by atoms with Crippen LogP contribution in [0.25, 0.3) is 22.0 Å². The fraction of sp³-hybridized carbons (Fsp3) is 0.333. The van der Waals surface area contributed by atoms with Gasteiger partial charge in [0.25, 0.3) is 0 Å². The van der Waals surface area contributed by atoms with Crippen molar-refractivity contribution in [2.75, 3.05) is 0 Å². The second-order valence-electron chi connectivity index (χ2n) is 10.8. The molecule has 2 heterocycles. The summed E-state index contributed by atoms with van der Waals surface area (Å²) in [6.45, 7) is 9.57. The van der Waals surface area contributed by atoms with E-state index in [2.05, 4.69) is 14.3 Å². The molecule has 0 amide bonds. The molecule has 0 aliphatic rings. The van der Waals surface area contributed by atoms with Crippen molar-refractivity contribution in [1.29, 1.82) is 0 Å². The highest BCUT2D eigenvalue weighted by molar-refractivity contribution is 7.90. The zero-order valence-electron chi connectivity index (χ0n) is 23.1. The monoisotopic (exact) mass is 569 g/mol. The van der Waals surface area contributed by atoms with E-state index in [1.165, 1.54) is 18.3 Å². The molecule has 0 saturated heterocycles. The maximum Gasteiger partial charge on any atom is 0.307 e. The number of rotatable bonds is 10. The van der Waals surface area contributed by atoms with Crippen molar-refractivity contribution in [3.63, 3.8) is 0 Å². The molecule has 0 saturated carbocycles. The summed E-state index contributed by atoms with van der Waals surface area (Å²) in [5, 5.41) is 10.1. The predicted octanol–water partition coefficient (Wildman–Crippen LogP) is 6.32. The number of hydrogen-bond acceptors (Lipinski definition) is 5. The number of halogens is 2. The molecule has 0 aliphatic carbocycles. The summed E-state index contributed by atoms with van der Waals surface area (Å²) in [7, 11) is 0. The van der Waals surface area contributed by atoms with Crippen LogP contribution in [-0.2, 0) is 35.7 Å². The molecule has 0 fully saturated rings. The normalized spacial score (nSPS) is 12.7. The Morgan fingerprint density at radius 3 is 2.58 bits per heavy atom. The van der Waals surface area contributed by atoms with Gasteiger partial charge >= 0.3 is 5.97 Å². The Morgan fingerprint density at radius 1 is 1.15 bits per heavy atom. The Morgan fingerprint density at radius 2 is 1.90 bits per heavy atom. The highest BCUT2D eigenvalue weighted by Gasteiger charge is 2.27. The number of carboxylic acids is 1. The summed E-state index contributed by atoms with van der Waals surface area (Å²) in [5.41, 5.74) is 3.01. The number of carbonyl (C=O) groups is 1. The third-order valence-corrected chi connectivity index (χ3v) is 7.92. The number of ether oxygens (including phenoxy) is 1. The van der Waals surface area contributed by atoms with Crippen molar-refractivity contribution >= 4 is 28.2 Å².